The van der Waals surface area contributed by atoms with E-state index in [9.17, 15) is 9.59 Å². The largest absolute Gasteiger partial charge is 0.495 e. The molecule has 0 saturated carbocycles. The van der Waals surface area contributed by atoms with Gasteiger partial charge in [-0.3, -0.25) is 0 Å². The van der Waals surface area contributed by atoms with Gasteiger partial charge in [-0.05, 0) is 80.1 Å². The second-order valence-corrected chi connectivity index (χ2v) is 9.04. The van der Waals surface area contributed by atoms with Gasteiger partial charge in [-0.25, -0.2) is 9.59 Å². The summed E-state index contributed by atoms with van der Waals surface area (Å²) in [6.45, 7) is 3.63. The van der Waals surface area contributed by atoms with E-state index in [1.54, 1.807) is 12.1 Å². The van der Waals surface area contributed by atoms with Gasteiger partial charge in [0.25, 0.3) is 0 Å². The molecule has 0 radical (unpaired) electrons. The van der Waals surface area contributed by atoms with Crippen LogP contribution in [0.15, 0.2) is 25.6 Å². The van der Waals surface area contributed by atoms with Crippen LogP contribution in [-0.4, -0.2) is 40.4 Å². The Kier molecular flexibility index (Phi) is 9.05. The first-order valence-corrected chi connectivity index (χ1v) is 11.4. The third-order valence-electron chi connectivity index (χ3n) is 4.88. The van der Waals surface area contributed by atoms with E-state index in [0.717, 1.165) is 0 Å². The number of rotatable bonds is 6. The summed E-state index contributed by atoms with van der Waals surface area (Å²) in [6.07, 6.45) is 0. The fourth-order valence-corrected chi connectivity index (χ4v) is 4.83. The Balaban J connectivity index is 2.99. The van der Waals surface area contributed by atoms with Crippen molar-refractivity contribution in [2.24, 2.45) is 0 Å². The molecule has 2 aromatic rings. The second-order valence-electron chi connectivity index (χ2n) is 6.51. The van der Waals surface area contributed by atoms with Crippen molar-refractivity contribution in [2.75, 3.05) is 28.4 Å². The smallest absolute Gasteiger partial charge is 0.341 e. The van der Waals surface area contributed by atoms with Crippen molar-refractivity contribution in [1.82, 2.24) is 0 Å². The molecule has 172 valence electrons. The molecular weight excluding hydrogens is 591 g/mol. The average molecular weight is 611 g/mol. The third kappa shape index (κ3) is 4.78. The zero-order chi connectivity index (χ0) is 24.3. The van der Waals surface area contributed by atoms with E-state index in [-0.39, 0.29) is 15.6 Å². The molecule has 0 aromatic heterocycles. The molecule has 2 rings (SSSR count). The van der Waals surface area contributed by atoms with Crippen LogP contribution in [0.2, 0.25) is 0 Å². The van der Waals surface area contributed by atoms with E-state index in [2.05, 4.69) is 31.9 Å². The highest BCUT2D eigenvalue weighted by molar-refractivity contribution is 9.11. The number of ether oxygens (including phenoxy) is 4. The third-order valence-corrected chi connectivity index (χ3v) is 7.17. The van der Waals surface area contributed by atoms with Crippen molar-refractivity contribution in [2.45, 2.75) is 13.8 Å². The predicted octanol–water partition coefficient (Wildman–Crippen LogP) is 6.61. The number of esters is 2. The Morgan fingerprint density at radius 2 is 1.06 bits per heavy atom. The van der Waals surface area contributed by atoms with Crippen molar-refractivity contribution in [1.29, 1.82) is 0 Å². The summed E-state index contributed by atoms with van der Waals surface area (Å²) in [5, 5.41) is 0. The van der Waals surface area contributed by atoms with Gasteiger partial charge in [-0.15, -0.1) is 0 Å². The van der Waals surface area contributed by atoms with Crippen LogP contribution in [-0.2, 0) is 9.47 Å². The van der Waals surface area contributed by atoms with Crippen molar-refractivity contribution >= 4 is 72.6 Å². The van der Waals surface area contributed by atoms with E-state index in [0.29, 0.717) is 48.3 Å². The number of carbonyl (C=O) groups is 2. The molecule has 0 aliphatic rings. The van der Waals surface area contributed by atoms with Crippen molar-refractivity contribution in [3.05, 3.63) is 59.0 Å². The monoisotopic (exact) mass is 608 g/mol. The second kappa shape index (κ2) is 10.9. The topological polar surface area (TPSA) is 71.1 Å². The Morgan fingerprint density at radius 1 is 0.719 bits per heavy atom. The minimum absolute atomic E-state index is 0.0723. The van der Waals surface area contributed by atoms with Crippen LogP contribution < -0.4 is 9.47 Å². The molecule has 32 heavy (non-hydrogen) atoms. The molecule has 0 heterocycles. The summed E-state index contributed by atoms with van der Waals surface area (Å²) in [7, 11) is 5.44. The molecule has 0 bridgehead atoms. The van der Waals surface area contributed by atoms with Gasteiger partial charge in [0.15, 0.2) is 0 Å². The molecule has 0 aliphatic carbocycles. The minimum atomic E-state index is -0.600. The highest BCUT2D eigenvalue weighted by Crippen LogP contribution is 2.45. The van der Waals surface area contributed by atoms with Gasteiger partial charge in [0.05, 0.1) is 37.4 Å². The number of methoxy groups -OCH3 is 4. The van der Waals surface area contributed by atoms with Gasteiger partial charge in [0.2, 0.25) is 0 Å². The van der Waals surface area contributed by atoms with Crippen molar-refractivity contribution < 1.29 is 28.5 Å². The lowest BCUT2D eigenvalue weighted by molar-refractivity contribution is 0.0587. The summed E-state index contributed by atoms with van der Waals surface area (Å²) in [5.41, 5.74) is 3.22. The zero-order valence-electron chi connectivity index (χ0n) is 18.1. The van der Waals surface area contributed by atoms with Crippen LogP contribution in [0.1, 0.15) is 43.0 Å². The molecule has 10 heteroatoms. The molecule has 0 fully saturated rings. The van der Waals surface area contributed by atoms with Crippen molar-refractivity contribution in [3.8, 4) is 11.5 Å². The maximum absolute atomic E-state index is 12.4. The first-order chi connectivity index (χ1) is 15.0. The Labute approximate surface area is 213 Å². The molecule has 0 spiro atoms. The van der Waals surface area contributed by atoms with Crippen LogP contribution >= 0.6 is 55.1 Å². The van der Waals surface area contributed by atoms with E-state index in [4.69, 9.17) is 42.1 Å². The lowest BCUT2D eigenvalue weighted by Crippen LogP contribution is -2.10. The molecule has 0 aliphatic heterocycles. The van der Waals surface area contributed by atoms with Gasteiger partial charge in [0.1, 0.15) is 27.1 Å². The lowest BCUT2D eigenvalue weighted by Gasteiger charge is -2.21. The van der Waals surface area contributed by atoms with Gasteiger partial charge >= 0.3 is 11.9 Å². The number of benzene rings is 2. The van der Waals surface area contributed by atoms with Crippen LogP contribution in [0.3, 0.4) is 0 Å². The highest BCUT2D eigenvalue weighted by atomic mass is 79.9. The Morgan fingerprint density at radius 3 is 1.31 bits per heavy atom. The van der Waals surface area contributed by atoms with E-state index < -0.39 is 11.9 Å². The first kappa shape index (κ1) is 26.5. The quantitative estimate of drug-likeness (QED) is 0.343. The van der Waals surface area contributed by atoms with Crippen LogP contribution in [0.4, 0.5) is 0 Å². The van der Waals surface area contributed by atoms with Crippen LogP contribution in [0, 0.1) is 13.8 Å². The maximum atomic E-state index is 12.4. The summed E-state index contributed by atoms with van der Waals surface area (Å²) < 4.78 is 21.6. The summed E-state index contributed by atoms with van der Waals surface area (Å²) in [5.74, 6) is -0.578. The van der Waals surface area contributed by atoms with Gasteiger partial charge in [-0.1, -0.05) is 23.2 Å². The zero-order valence-corrected chi connectivity index (χ0v) is 22.8. The number of halogens is 4. The fraction of sp³-hybridized carbons (Fsp3) is 0.273. The average Bonchev–Trinajstić information content (AvgIpc) is 2.77. The lowest BCUT2D eigenvalue weighted by atomic mass is 9.89. The van der Waals surface area contributed by atoms with E-state index in [1.165, 1.54) is 28.4 Å². The SMILES string of the molecule is COC(=O)c1cc(C(=C(Cl)Cl)c2cc(C(=O)OC)c(OC)c(Br)c2C)c(C)c(Br)c1OC. The molecule has 0 saturated heterocycles. The van der Waals surface area contributed by atoms with Crippen molar-refractivity contribution in [3.63, 3.8) is 0 Å². The number of carbonyl (C=O) groups excluding carboxylic acids is 2. The van der Waals surface area contributed by atoms with Crippen LogP contribution in [0.25, 0.3) is 5.57 Å². The molecule has 2 aromatic carbocycles. The summed E-state index contributed by atoms with van der Waals surface area (Å²) in [6, 6.07) is 3.17. The number of hydrogen-bond acceptors (Lipinski definition) is 6. The predicted molar refractivity (Wildman–Crippen MR) is 131 cm³/mol. The highest BCUT2D eigenvalue weighted by Gasteiger charge is 2.27. The molecule has 0 atom stereocenters. The standard InChI is InChI=1S/C22H20Br2Cl2O6/c1-9-11(7-13(21(27)31-5)18(29-3)16(9)23)15(20(25)26)12-8-14(22(28)32-6)19(30-4)17(24)10(12)2/h7-8H,1-6H3. The van der Waals surface area contributed by atoms with Gasteiger partial charge in [-0.2, -0.15) is 0 Å². The fourth-order valence-electron chi connectivity index (χ4n) is 3.24. The Bertz CT molecular complexity index is 1040. The van der Waals surface area contributed by atoms with Gasteiger partial charge in [0, 0.05) is 5.57 Å². The summed E-state index contributed by atoms with van der Waals surface area (Å²) in [4.78, 5) is 24.9. The molecule has 0 N–H and O–H groups in total. The molecule has 0 amide bonds. The van der Waals surface area contributed by atoms with Gasteiger partial charge < -0.3 is 18.9 Å². The molecule has 0 unspecified atom stereocenters. The van der Waals surface area contributed by atoms with E-state index >= 15 is 0 Å². The van der Waals surface area contributed by atoms with Crippen LogP contribution in [0.5, 0.6) is 11.5 Å². The first-order valence-electron chi connectivity index (χ1n) is 9.02. The molecular formula is C22H20Br2Cl2O6. The maximum Gasteiger partial charge on any atom is 0.341 e. The molecule has 6 nitrogen and oxygen atoms in total. The summed E-state index contributed by atoms with van der Waals surface area (Å²) >= 11 is 19.7. The minimum Gasteiger partial charge on any atom is -0.495 e. The normalized spacial score (nSPS) is 10.4. The number of hydrogen-bond donors (Lipinski definition) is 0. The van der Waals surface area contributed by atoms with E-state index in [1.807, 2.05) is 13.8 Å². The Hall–Kier alpha value is -1.74.